The van der Waals surface area contributed by atoms with Crippen molar-refractivity contribution < 1.29 is 5.11 Å². The molecule has 0 amide bonds. The zero-order valence-corrected chi connectivity index (χ0v) is 14.5. The minimum atomic E-state index is -0.114. The largest absolute Gasteiger partial charge is 0.393 e. The van der Waals surface area contributed by atoms with Crippen molar-refractivity contribution in [2.24, 2.45) is 0 Å². The summed E-state index contributed by atoms with van der Waals surface area (Å²) in [7, 11) is 0. The molecule has 1 saturated heterocycles. The molecule has 0 atom stereocenters. The molecular formula is C19H25N5O. The minimum Gasteiger partial charge on any atom is -0.393 e. The highest BCUT2D eigenvalue weighted by molar-refractivity contribution is 5.59. The second-order valence-electron chi connectivity index (χ2n) is 6.92. The molecule has 0 spiro atoms. The molecule has 2 N–H and O–H groups in total. The maximum Gasteiger partial charge on any atom is 0.163 e. The third kappa shape index (κ3) is 3.80. The highest BCUT2D eigenvalue weighted by Gasteiger charge is 2.20. The van der Waals surface area contributed by atoms with E-state index in [0.29, 0.717) is 0 Å². The van der Waals surface area contributed by atoms with Crippen LogP contribution in [0.4, 0.5) is 5.82 Å². The van der Waals surface area contributed by atoms with Crippen LogP contribution in [0.1, 0.15) is 30.5 Å². The van der Waals surface area contributed by atoms with Crippen LogP contribution in [-0.2, 0) is 12.8 Å². The zero-order valence-electron chi connectivity index (χ0n) is 14.5. The van der Waals surface area contributed by atoms with Gasteiger partial charge in [-0.2, -0.15) is 0 Å². The van der Waals surface area contributed by atoms with Gasteiger partial charge >= 0.3 is 0 Å². The summed E-state index contributed by atoms with van der Waals surface area (Å²) < 4.78 is 0. The zero-order chi connectivity index (χ0) is 17.1. The number of piperidine rings is 1. The molecule has 0 unspecified atom stereocenters. The van der Waals surface area contributed by atoms with Crippen LogP contribution in [0.15, 0.2) is 24.5 Å². The van der Waals surface area contributed by atoms with Crippen LogP contribution in [0.2, 0.25) is 0 Å². The first-order valence-electron chi connectivity index (χ1n) is 9.24. The van der Waals surface area contributed by atoms with Gasteiger partial charge in [0.15, 0.2) is 5.82 Å². The molecule has 3 heterocycles. The lowest BCUT2D eigenvalue weighted by Gasteiger charge is -2.29. The maximum atomic E-state index is 9.61. The molecule has 1 aliphatic carbocycles. The molecule has 0 bridgehead atoms. The number of hydrogen-bond donors (Lipinski definition) is 2. The first kappa shape index (κ1) is 16.4. The lowest BCUT2D eigenvalue weighted by atomic mass is 10.1. The summed E-state index contributed by atoms with van der Waals surface area (Å²) >= 11 is 0. The SMILES string of the molecule is OC1CCN(CCNc2nc(-c3cccnc3)nc3c2CCC3)CC1. The standard InChI is InChI=1S/C19H25N5O/c25-15-6-10-24(11-7-15)12-9-21-19-16-4-1-5-17(16)22-18(23-19)14-3-2-8-20-13-14/h2-3,8,13,15,25H,1,4-7,9-12H2,(H,21,22,23). The summed E-state index contributed by atoms with van der Waals surface area (Å²) in [5, 5.41) is 13.1. The van der Waals surface area contributed by atoms with E-state index < -0.39 is 0 Å². The van der Waals surface area contributed by atoms with Crippen LogP contribution < -0.4 is 5.32 Å². The number of anilines is 1. The molecule has 6 heteroatoms. The molecule has 4 rings (SSSR count). The molecule has 25 heavy (non-hydrogen) atoms. The lowest BCUT2D eigenvalue weighted by Crippen LogP contribution is -2.38. The molecule has 0 saturated carbocycles. The van der Waals surface area contributed by atoms with Crippen molar-refractivity contribution in [3.63, 3.8) is 0 Å². The van der Waals surface area contributed by atoms with E-state index in [9.17, 15) is 5.11 Å². The summed E-state index contributed by atoms with van der Waals surface area (Å²) in [4.78, 5) is 16.1. The monoisotopic (exact) mass is 339 g/mol. The predicted molar refractivity (Wildman–Crippen MR) is 97.5 cm³/mol. The third-order valence-corrected chi connectivity index (χ3v) is 5.13. The fraction of sp³-hybridized carbons (Fsp3) is 0.526. The number of nitrogens with zero attached hydrogens (tertiary/aromatic N) is 4. The Bertz CT molecular complexity index is 713. The van der Waals surface area contributed by atoms with E-state index in [1.165, 1.54) is 11.3 Å². The van der Waals surface area contributed by atoms with Crippen LogP contribution in [0.25, 0.3) is 11.4 Å². The maximum absolute atomic E-state index is 9.61. The Morgan fingerprint density at radius 1 is 1.20 bits per heavy atom. The van der Waals surface area contributed by atoms with Gasteiger partial charge in [-0.15, -0.1) is 0 Å². The van der Waals surface area contributed by atoms with Crippen LogP contribution in [0.3, 0.4) is 0 Å². The number of rotatable bonds is 5. The summed E-state index contributed by atoms with van der Waals surface area (Å²) in [6, 6.07) is 3.93. The molecule has 1 aliphatic heterocycles. The second kappa shape index (κ2) is 7.45. The highest BCUT2D eigenvalue weighted by Crippen LogP contribution is 2.28. The molecule has 132 valence electrons. The number of likely N-dealkylation sites (tertiary alicyclic amines) is 1. The van der Waals surface area contributed by atoms with Gasteiger partial charge < -0.3 is 15.3 Å². The molecule has 2 aromatic heterocycles. The van der Waals surface area contributed by atoms with Crippen molar-refractivity contribution in [2.75, 3.05) is 31.5 Å². The molecule has 6 nitrogen and oxygen atoms in total. The number of aryl methyl sites for hydroxylation is 1. The fourth-order valence-corrected chi connectivity index (χ4v) is 3.68. The number of aliphatic hydroxyl groups excluding tert-OH is 1. The second-order valence-corrected chi connectivity index (χ2v) is 6.92. The summed E-state index contributed by atoms with van der Waals surface area (Å²) in [6.45, 7) is 3.80. The van der Waals surface area contributed by atoms with Crippen molar-refractivity contribution in [1.29, 1.82) is 0 Å². The third-order valence-electron chi connectivity index (χ3n) is 5.13. The molecule has 1 fully saturated rings. The van der Waals surface area contributed by atoms with Gasteiger partial charge in [0, 0.05) is 55.4 Å². The van der Waals surface area contributed by atoms with Crippen LogP contribution in [-0.4, -0.2) is 57.2 Å². The molecule has 2 aromatic rings. The Morgan fingerprint density at radius 2 is 2.08 bits per heavy atom. The quantitative estimate of drug-likeness (QED) is 0.867. The summed E-state index contributed by atoms with van der Waals surface area (Å²) in [5.41, 5.74) is 3.42. The summed E-state index contributed by atoms with van der Waals surface area (Å²) in [6.07, 6.45) is 8.48. The van der Waals surface area contributed by atoms with Crippen molar-refractivity contribution in [3.05, 3.63) is 35.8 Å². The Morgan fingerprint density at radius 3 is 2.88 bits per heavy atom. The van der Waals surface area contributed by atoms with E-state index in [0.717, 1.165) is 75.5 Å². The van der Waals surface area contributed by atoms with Gasteiger partial charge in [-0.25, -0.2) is 9.97 Å². The van der Waals surface area contributed by atoms with Crippen molar-refractivity contribution in [2.45, 2.75) is 38.2 Å². The highest BCUT2D eigenvalue weighted by atomic mass is 16.3. The Labute approximate surface area is 148 Å². The molecular weight excluding hydrogens is 314 g/mol. The van der Waals surface area contributed by atoms with Crippen molar-refractivity contribution in [1.82, 2.24) is 19.9 Å². The van der Waals surface area contributed by atoms with Crippen molar-refractivity contribution in [3.8, 4) is 11.4 Å². The number of aliphatic hydroxyl groups is 1. The minimum absolute atomic E-state index is 0.114. The average Bonchev–Trinajstić information content (AvgIpc) is 3.13. The Hall–Kier alpha value is -2.05. The number of pyridine rings is 1. The van der Waals surface area contributed by atoms with E-state index in [4.69, 9.17) is 9.97 Å². The Balaban J connectivity index is 1.46. The van der Waals surface area contributed by atoms with Gasteiger partial charge in [0.05, 0.1) is 6.10 Å². The van der Waals surface area contributed by atoms with Gasteiger partial charge in [-0.3, -0.25) is 4.98 Å². The van der Waals surface area contributed by atoms with Gasteiger partial charge in [0.2, 0.25) is 0 Å². The van der Waals surface area contributed by atoms with Gasteiger partial charge in [0.1, 0.15) is 5.82 Å². The van der Waals surface area contributed by atoms with E-state index in [-0.39, 0.29) is 6.10 Å². The van der Waals surface area contributed by atoms with Crippen LogP contribution in [0.5, 0.6) is 0 Å². The normalized spacial score (nSPS) is 18.3. The number of nitrogens with one attached hydrogen (secondary N) is 1. The van der Waals surface area contributed by atoms with E-state index in [2.05, 4.69) is 15.2 Å². The number of hydrogen-bond acceptors (Lipinski definition) is 6. The first-order valence-corrected chi connectivity index (χ1v) is 9.24. The average molecular weight is 339 g/mol. The predicted octanol–water partition coefficient (Wildman–Crippen LogP) is 1.90. The van der Waals surface area contributed by atoms with Crippen LogP contribution in [0, 0.1) is 0 Å². The van der Waals surface area contributed by atoms with E-state index in [1.807, 2.05) is 18.3 Å². The van der Waals surface area contributed by atoms with Crippen LogP contribution >= 0.6 is 0 Å². The van der Waals surface area contributed by atoms with E-state index in [1.54, 1.807) is 6.20 Å². The van der Waals surface area contributed by atoms with Gasteiger partial charge in [-0.05, 0) is 44.2 Å². The van der Waals surface area contributed by atoms with Gasteiger partial charge in [0.25, 0.3) is 0 Å². The van der Waals surface area contributed by atoms with E-state index >= 15 is 0 Å². The fourth-order valence-electron chi connectivity index (χ4n) is 3.68. The number of fused-ring (bicyclic) bond motifs is 1. The smallest absolute Gasteiger partial charge is 0.163 e. The topological polar surface area (TPSA) is 74.2 Å². The Kier molecular flexibility index (Phi) is 4.90. The molecule has 0 radical (unpaired) electrons. The molecule has 0 aromatic carbocycles. The molecule has 2 aliphatic rings. The van der Waals surface area contributed by atoms with Crippen molar-refractivity contribution >= 4 is 5.82 Å². The number of aromatic nitrogens is 3. The lowest BCUT2D eigenvalue weighted by molar-refractivity contribution is 0.0845. The van der Waals surface area contributed by atoms with Gasteiger partial charge in [-0.1, -0.05) is 0 Å². The summed E-state index contributed by atoms with van der Waals surface area (Å²) in [5.74, 6) is 1.75. The first-order chi connectivity index (χ1) is 12.3.